The maximum Gasteiger partial charge on any atom is 0.262 e. The van der Waals surface area contributed by atoms with Crippen molar-refractivity contribution >= 4 is 27.5 Å². The first-order valence-corrected chi connectivity index (χ1v) is 13.2. The van der Waals surface area contributed by atoms with Crippen LogP contribution in [0.5, 0.6) is 5.75 Å². The molecule has 2 heterocycles. The highest BCUT2D eigenvalue weighted by Crippen LogP contribution is 2.24. The zero-order valence-electron chi connectivity index (χ0n) is 19.9. The van der Waals surface area contributed by atoms with Crippen LogP contribution in [0.1, 0.15) is 24.0 Å². The first kappa shape index (κ1) is 25.2. The minimum absolute atomic E-state index is 0.131. The predicted octanol–water partition coefficient (Wildman–Crippen LogP) is 2.20. The number of hydrogen-bond acceptors (Lipinski definition) is 6. The smallest absolute Gasteiger partial charge is 0.262 e. The van der Waals surface area contributed by atoms with Gasteiger partial charge in [-0.2, -0.15) is 4.31 Å². The van der Waals surface area contributed by atoms with Gasteiger partial charge in [0.2, 0.25) is 15.9 Å². The number of nitrogens with one attached hydrogen (secondary N) is 1. The number of aryl methyl sites for hydroxylation is 1. The first-order chi connectivity index (χ1) is 16.8. The second-order valence-corrected chi connectivity index (χ2v) is 10.7. The summed E-state index contributed by atoms with van der Waals surface area (Å²) in [6, 6.07) is 11.8. The quantitative estimate of drug-likeness (QED) is 0.595. The van der Waals surface area contributed by atoms with Crippen LogP contribution in [0.4, 0.5) is 5.69 Å². The molecule has 2 fully saturated rings. The Balaban J connectivity index is 1.28. The van der Waals surface area contributed by atoms with E-state index < -0.39 is 10.0 Å². The van der Waals surface area contributed by atoms with E-state index in [0.717, 1.165) is 31.5 Å². The molecule has 4 rings (SSSR count). The van der Waals surface area contributed by atoms with Crippen molar-refractivity contribution < 1.29 is 27.5 Å². The van der Waals surface area contributed by atoms with Crippen molar-refractivity contribution in [3.63, 3.8) is 0 Å². The number of morpholine rings is 1. The van der Waals surface area contributed by atoms with Gasteiger partial charge in [0.05, 0.1) is 24.5 Å². The maximum absolute atomic E-state index is 12.8. The van der Waals surface area contributed by atoms with E-state index in [-0.39, 0.29) is 23.3 Å². The van der Waals surface area contributed by atoms with Gasteiger partial charge in [-0.15, -0.1) is 0 Å². The van der Waals surface area contributed by atoms with Crippen LogP contribution in [0.25, 0.3) is 0 Å². The Morgan fingerprint density at radius 2 is 1.69 bits per heavy atom. The summed E-state index contributed by atoms with van der Waals surface area (Å²) in [4.78, 5) is 26.7. The SMILES string of the molecule is Cc1cc(S(=O)(=O)N2CCOCC2)ccc1OCC(=O)Nc1ccc(CC(=O)N2CCCC2)cc1. The van der Waals surface area contributed by atoms with Crippen molar-refractivity contribution in [2.45, 2.75) is 31.1 Å². The number of amides is 2. The zero-order valence-corrected chi connectivity index (χ0v) is 20.7. The van der Waals surface area contributed by atoms with Crippen LogP contribution >= 0.6 is 0 Å². The largest absolute Gasteiger partial charge is 0.483 e. The van der Waals surface area contributed by atoms with Gasteiger partial charge in [0.25, 0.3) is 5.91 Å². The van der Waals surface area contributed by atoms with Gasteiger partial charge in [-0.25, -0.2) is 8.42 Å². The Labute approximate surface area is 206 Å². The van der Waals surface area contributed by atoms with Crippen molar-refractivity contribution in [1.29, 1.82) is 0 Å². The predicted molar refractivity (Wildman–Crippen MR) is 131 cm³/mol. The van der Waals surface area contributed by atoms with Crippen LogP contribution < -0.4 is 10.1 Å². The fourth-order valence-corrected chi connectivity index (χ4v) is 5.67. The zero-order chi connectivity index (χ0) is 24.8. The summed E-state index contributed by atoms with van der Waals surface area (Å²) in [5, 5.41) is 2.77. The molecule has 2 aromatic carbocycles. The summed E-state index contributed by atoms with van der Waals surface area (Å²) in [5.41, 5.74) is 2.14. The monoisotopic (exact) mass is 501 g/mol. The van der Waals surface area contributed by atoms with Crippen LogP contribution in [-0.2, 0) is 30.8 Å². The van der Waals surface area contributed by atoms with Crippen LogP contribution in [0.15, 0.2) is 47.4 Å². The summed E-state index contributed by atoms with van der Waals surface area (Å²) in [7, 11) is -3.59. The molecule has 10 heteroatoms. The van der Waals surface area contributed by atoms with Crippen LogP contribution in [0, 0.1) is 6.92 Å². The number of hydrogen-bond donors (Lipinski definition) is 1. The molecule has 2 aliphatic rings. The van der Waals surface area contributed by atoms with Crippen molar-refractivity contribution in [1.82, 2.24) is 9.21 Å². The average molecular weight is 502 g/mol. The molecular weight excluding hydrogens is 470 g/mol. The van der Waals surface area contributed by atoms with Crippen LogP contribution in [0.2, 0.25) is 0 Å². The van der Waals surface area contributed by atoms with E-state index in [1.807, 2.05) is 17.0 Å². The van der Waals surface area contributed by atoms with E-state index in [1.54, 1.807) is 31.2 Å². The normalized spacial score (nSPS) is 16.8. The van der Waals surface area contributed by atoms with Gasteiger partial charge in [0.15, 0.2) is 6.61 Å². The molecule has 2 aromatic rings. The van der Waals surface area contributed by atoms with E-state index in [9.17, 15) is 18.0 Å². The molecule has 0 saturated carbocycles. The van der Waals surface area contributed by atoms with Crippen molar-refractivity contribution in [2.24, 2.45) is 0 Å². The highest BCUT2D eigenvalue weighted by molar-refractivity contribution is 7.89. The number of carbonyl (C=O) groups excluding carboxylic acids is 2. The summed E-state index contributed by atoms with van der Waals surface area (Å²) in [6.07, 6.45) is 2.49. The molecule has 0 bridgehead atoms. The highest BCUT2D eigenvalue weighted by Gasteiger charge is 2.26. The second-order valence-electron chi connectivity index (χ2n) is 8.74. The van der Waals surface area contributed by atoms with Crippen molar-refractivity contribution in [3.8, 4) is 5.75 Å². The Morgan fingerprint density at radius 3 is 2.34 bits per heavy atom. The summed E-state index contributed by atoms with van der Waals surface area (Å²) in [5.74, 6) is 0.235. The molecule has 2 aliphatic heterocycles. The molecule has 0 unspecified atom stereocenters. The van der Waals surface area contributed by atoms with E-state index in [4.69, 9.17) is 9.47 Å². The number of sulfonamides is 1. The molecular formula is C25H31N3O6S. The van der Waals surface area contributed by atoms with Gasteiger partial charge in [0.1, 0.15) is 5.75 Å². The number of carbonyl (C=O) groups is 2. The summed E-state index contributed by atoms with van der Waals surface area (Å²) >= 11 is 0. The lowest BCUT2D eigenvalue weighted by Crippen LogP contribution is -2.40. The third-order valence-electron chi connectivity index (χ3n) is 6.16. The maximum atomic E-state index is 12.8. The molecule has 0 radical (unpaired) electrons. The average Bonchev–Trinajstić information content (AvgIpc) is 3.40. The van der Waals surface area contributed by atoms with Gasteiger partial charge in [-0.1, -0.05) is 12.1 Å². The van der Waals surface area contributed by atoms with E-state index in [1.165, 1.54) is 10.4 Å². The second kappa shape index (κ2) is 11.2. The van der Waals surface area contributed by atoms with Crippen molar-refractivity contribution in [3.05, 3.63) is 53.6 Å². The Kier molecular flexibility index (Phi) is 8.04. The molecule has 0 aromatic heterocycles. The molecule has 0 aliphatic carbocycles. The minimum atomic E-state index is -3.59. The van der Waals surface area contributed by atoms with Crippen molar-refractivity contribution in [2.75, 3.05) is 51.3 Å². The lowest BCUT2D eigenvalue weighted by Gasteiger charge is -2.26. The Hall–Kier alpha value is -2.95. The number of benzene rings is 2. The van der Waals surface area contributed by atoms with Gasteiger partial charge in [-0.05, 0) is 61.2 Å². The van der Waals surface area contributed by atoms with E-state index in [2.05, 4.69) is 5.32 Å². The lowest BCUT2D eigenvalue weighted by molar-refractivity contribution is -0.129. The van der Waals surface area contributed by atoms with Gasteiger partial charge in [0, 0.05) is 31.9 Å². The van der Waals surface area contributed by atoms with Crippen LogP contribution in [0.3, 0.4) is 0 Å². The Morgan fingerprint density at radius 1 is 1.00 bits per heavy atom. The molecule has 2 saturated heterocycles. The van der Waals surface area contributed by atoms with Gasteiger partial charge in [-0.3, -0.25) is 9.59 Å². The summed E-state index contributed by atoms with van der Waals surface area (Å²) < 4.78 is 37.9. The number of rotatable bonds is 8. The topological polar surface area (TPSA) is 105 Å². The summed E-state index contributed by atoms with van der Waals surface area (Å²) in [6.45, 7) is 4.62. The number of ether oxygens (including phenoxy) is 2. The molecule has 1 N–H and O–H groups in total. The number of likely N-dealkylation sites (tertiary alicyclic amines) is 1. The molecule has 2 amide bonds. The molecule has 9 nitrogen and oxygen atoms in total. The molecule has 188 valence electrons. The molecule has 0 atom stereocenters. The molecule has 35 heavy (non-hydrogen) atoms. The third-order valence-corrected chi connectivity index (χ3v) is 8.06. The number of nitrogens with zero attached hydrogens (tertiary/aromatic N) is 2. The third kappa shape index (κ3) is 6.39. The molecule has 0 spiro atoms. The lowest BCUT2D eigenvalue weighted by atomic mass is 10.1. The standard InChI is InChI=1S/C25H31N3O6S/c1-19-16-22(35(31,32)28-12-14-33-15-13-28)8-9-23(19)34-18-24(29)26-21-6-4-20(5-7-21)17-25(30)27-10-2-3-11-27/h4-9,16H,2-3,10-15,17-18H2,1H3,(H,26,29). The Bertz CT molecular complexity index is 1150. The fourth-order valence-electron chi connectivity index (χ4n) is 4.18. The van der Waals surface area contributed by atoms with E-state index in [0.29, 0.717) is 49.7 Å². The van der Waals surface area contributed by atoms with E-state index >= 15 is 0 Å². The minimum Gasteiger partial charge on any atom is -0.483 e. The van der Waals surface area contributed by atoms with Gasteiger partial charge < -0.3 is 19.7 Å². The number of anilines is 1. The fraction of sp³-hybridized carbons (Fsp3) is 0.440. The highest BCUT2D eigenvalue weighted by atomic mass is 32.2. The van der Waals surface area contributed by atoms with Crippen LogP contribution in [-0.4, -0.2) is 75.4 Å². The first-order valence-electron chi connectivity index (χ1n) is 11.8. The van der Waals surface area contributed by atoms with Gasteiger partial charge >= 0.3 is 0 Å².